The van der Waals surface area contributed by atoms with Crippen molar-refractivity contribution < 1.29 is 34.3 Å². The SMILES string of the molecule is O=C(N[C@H](COC(=O)C(O)C(=O)/C=C\c1ccccc1)[C@H](O)c1ccc([N+](=O)[O-])cc1)C(Cl)Cl. The van der Waals surface area contributed by atoms with E-state index in [0.717, 1.165) is 18.2 Å². The molecule has 2 rings (SSSR count). The van der Waals surface area contributed by atoms with Crippen LogP contribution in [-0.2, 0) is 19.1 Å². The maximum absolute atomic E-state index is 12.2. The molecule has 2 aromatic rings. The van der Waals surface area contributed by atoms with Crippen LogP contribution in [0.1, 0.15) is 17.2 Å². The van der Waals surface area contributed by atoms with Crippen molar-refractivity contribution in [2.45, 2.75) is 23.1 Å². The molecule has 10 nitrogen and oxygen atoms in total. The lowest BCUT2D eigenvalue weighted by Gasteiger charge is -2.25. The maximum Gasteiger partial charge on any atom is 0.343 e. The summed E-state index contributed by atoms with van der Waals surface area (Å²) in [4.78, 5) is 44.8. The van der Waals surface area contributed by atoms with Crippen LogP contribution in [0.25, 0.3) is 6.08 Å². The van der Waals surface area contributed by atoms with Gasteiger partial charge in [-0.3, -0.25) is 19.7 Å². The lowest BCUT2D eigenvalue weighted by molar-refractivity contribution is -0.384. The lowest BCUT2D eigenvalue weighted by atomic mass is 10.0. The second-order valence-electron chi connectivity index (χ2n) is 6.89. The van der Waals surface area contributed by atoms with E-state index in [4.69, 9.17) is 27.9 Å². The number of nitro groups is 1. The second-order valence-corrected chi connectivity index (χ2v) is 7.98. The molecule has 0 radical (unpaired) electrons. The number of nitro benzene ring substituents is 1. The highest BCUT2D eigenvalue weighted by Crippen LogP contribution is 2.21. The van der Waals surface area contributed by atoms with Crippen molar-refractivity contribution in [3.8, 4) is 0 Å². The second kappa shape index (κ2) is 12.8. The standard InChI is InChI=1S/C22H20Cl2N2O8/c23-20(24)21(30)25-16(18(28)14-7-9-15(10-8-14)26(32)33)12-34-22(31)19(29)17(27)11-6-13-4-2-1-3-5-13/h1-11,16,18-20,28-29H,12H2,(H,25,30)/b11-6-/t16-,18-,19?/m1/s1. The van der Waals surface area contributed by atoms with Crippen LogP contribution in [0.2, 0.25) is 0 Å². The van der Waals surface area contributed by atoms with Gasteiger partial charge in [0.2, 0.25) is 6.10 Å². The van der Waals surface area contributed by atoms with Crippen LogP contribution in [0, 0.1) is 10.1 Å². The summed E-state index contributed by atoms with van der Waals surface area (Å²) < 4.78 is 4.91. The number of nitrogens with zero attached hydrogens (tertiary/aromatic N) is 1. The Morgan fingerprint density at radius 3 is 2.24 bits per heavy atom. The van der Waals surface area contributed by atoms with Crippen LogP contribution in [0.3, 0.4) is 0 Å². The summed E-state index contributed by atoms with van der Waals surface area (Å²) >= 11 is 11.0. The number of non-ortho nitro benzene ring substituents is 1. The average Bonchev–Trinajstić information content (AvgIpc) is 2.84. The van der Waals surface area contributed by atoms with Gasteiger partial charge in [-0.05, 0) is 29.3 Å². The maximum atomic E-state index is 12.2. The van der Waals surface area contributed by atoms with Crippen molar-refractivity contribution in [3.63, 3.8) is 0 Å². The molecule has 0 spiro atoms. The quantitative estimate of drug-likeness (QED) is 0.103. The van der Waals surface area contributed by atoms with Gasteiger partial charge in [0.15, 0.2) is 10.6 Å². The van der Waals surface area contributed by atoms with Crippen LogP contribution >= 0.6 is 23.2 Å². The molecular formula is C22H20Cl2N2O8. The normalized spacial score (nSPS) is 13.8. The monoisotopic (exact) mass is 510 g/mol. The van der Waals surface area contributed by atoms with Gasteiger partial charge in [0, 0.05) is 12.1 Å². The summed E-state index contributed by atoms with van der Waals surface area (Å²) in [5.74, 6) is -3.16. The molecule has 1 amide bonds. The number of aliphatic hydroxyl groups excluding tert-OH is 2. The molecule has 0 aliphatic carbocycles. The number of rotatable bonds is 11. The third-order valence-corrected chi connectivity index (χ3v) is 4.89. The van der Waals surface area contributed by atoms with Gasteiger partial charge in [-0.1, -0.05) is 59.6 Å². The average molecular weight is 511 g/mol. The molecule has 3 N–H and O–H groups in total. The lowest BCUT2D eigenvalue weighted by Crippen LogP contribution is -2.46. The summed E-state index contributed by atoms with van der Waals surface area (Å²) in [7, 11) is 0. The van der Waals surface area contributed by atoms with Gasteiger partial charge in [-0.2, -0.15) is 0 Å². The van der Waals surface area contributed by atoms with E-state index in [-0.39, 0.29) is 11.3 Å². The van der Waals surface area contributed by atoms with Crippen molar-refractivity contribution >= 4 is 52.6 Å². The van der Waals surface area contributed by atoms with Crippen molar-refractivity contribution in [1.29, 1.82) is 0 Å². The number of benzene rings is 2. The van der Waals surface area contributed by atoms with Crippen molar-refractivity contribution in [3.05, 3.63) is 81.9 Å². The number of alkyl halides is 2. The Balaban J connectivity index is 2.07. The Hall–Kier alpha value is -3.31. The Labute approximate surface area is 203 Å². The molecule has 0 aromatic heterocycles. The summed E-state index contributed by atoms with van der Waals surface area (Å²) in [6, 6.07) is 12.1. The summed E-state index contributed by atoms with van der Waals surface area (Å²) in [5, 5.41) is 33.6. The first-order chi connectivity index (χ1) is 16.1. The third-order valence-electron chi connectivity index (χ3n) is 4.49. The third kappa shape index (κ3) is 7.92. The molecule has 0 aliphatic rings. The fraction of sp³-hybridized carbons (Fsp3) is 0.227. The van der Waals surface area contributed by atoms with Gasteiger partial charge < -0.3 is 20.3 Å². The first kappa shape index (κ1) is 26.9. The molecular weight excluding hydrogens is 491 g/mol. The van der Waals surface area contributed by atoms with Gasteiger partial charge in [-0.25, -0.2) is 4.79 Å². The van der Waals surface area contributed by atoms with E-state index >= 15 is 0 Å². The first-order valence-corrected chi connectivity index (χ1v) is 10.6. The molecule has 180 valence electrons. The van der Waals surface area contributed by atoms with Crippen LogP contribution in [0.5, 0.6) is 0 Å². The van der Waals surface area contributed by atoms with Crippen molar-refractivity contribution in [2.24, 2.45) is 0 Å². The van der Waals surface area contributed by atoms with E-state index in [2.05, 4.69) is 5.32 Å². The molecule has 34 heavy (non-hydrogen) atoms. The van der Waals surface area contributed by atoms with Gasteiger partial charge in [0.05, 0.1) is 11.0 Å². The molecule has 0 aliphatic heterocycles. The molecule has 0 bridgehead atoms. The minimum absolute atomic E-state index is 0.148. The zero-order valence-electron chi connectivity index (χ0n) is 17.4. The van der Waals surface area contributed by atoms with E-state index in [1.165, 1.54) is 18.2 Å². The van der Waals surface area contributed by atoms with Crippen LogP contribution in [0.4, 0.5) is 5.69 Å². The van der Waals surface area contributed by atoms with Gasteiger partial charge in [0.1, 0.15) is 12.7 Å². The predicted molar refractivity (Wildman–Crippen MR) is 123 cm³/mol. The van der Waals surface area contributed by atoms with Crippen LogP contribution in [-0.4, -0.2) is 56.4 Å². The van der Waals surface area contributed by atoms with Crippen LogP contribution in [0.15, 0.2) is 60.7 Å². The van der Waals surface area contributed by atoms with E-state index in [1.54, 1.807) is 30.3 Å². The number of esters is 1. The number of aliphatic hydroxyl groups is 2. The van der Waals surface area contributed by atoms with E-state index in [0.29, 0.717) is 5.56 Å². The number of hydrogen-bond donors (Lipinski definition) is 3. The minimum atomic E-state index is -2.14. The molecule has 0 heterocycles. The fourth-order valence-corrected chi connectivity index (χ4v) is 2.81. The Morgan fingerprint density at radius 1 is 1.06 bits per heavy atom. The highest BCUT2D eigenvalue weighted by molar-refractivity contribution is 6.53. The summed E-state index contributed by atoms with van der Waals surface area (Å²) in [6.07, 6.45) is -1.23. The number of ether oxygens (including phenoxy) is 1. The van der Waals surface area contributed by atoms with Crippen LogP contribution < -0.4 is 5.32 Å². The molecule has 0 fully saturated rings. The summed E-state index contributed by atoms with van der Waals surface area (Å²) in [5.41, 5.74) is 0.590. The molecule has 1 unspecified atom stereocenters. The number of nitrogens with one attached hydrogen (secondary N) is 1. The number of ketones is 1. The fourth-order valence-electron chi connectivity index (χ4n) is 2.68. The zero-order valence-corrected chi connectivity index (χ0v) is 18.9. The minimum Gasteiger partial charge on any atom is -0.461 e. The topological polar surface area (TPSA) is 156 Å². The first-order valence-electron chi connectivity index (χ1n) is 9.72. The van der Waals surface area contributed by atoms with E-state index in [9.17, 15) is 34.7 Å². The molecule has 0 saturated heterocycles. The Morgan fingerprint density at radius 2 is 1.68 bits per heavy atom. The number of hydrogen-bond acceptors (Lipinski definition) is 8. The largest absolute Gasteiger partial charge is 0.461 e. The predicted octanol–water partition coefficient (Wildman–Crippen LogP) is 2.10. The van der Waals surface area contributed by atoms with Gasteiger partial charge >= 0.3 is 5.97 Å². The van der Waals surface area contributed by atoms with Gasteiger partial charge in [0.25, 0.3) is 11.6 Å². The van der Waals surface area contributed by atoms with Gasteiger partial charge in [-0.15, -0.1) is 0 Å². The smallest absolute Gasteiger partial charge is 0.343 e. The number of amides is 1. The van der Waals surface area contributed by atoms with Crippen molar-refractivity contribution in [1.82, 2.24) is 5.32 Å². The molecule has 12 heteroatoms. The molecule has 3 atom stereocenters. The Bertz CT molecular complexity index is 1040. The number of halogens is 2. The van der Waals surface area contributed by atoms with E-state index in [1.807, 2.05) is 0 Å². The molecule has 2 aromatic carbocycles. The number of carbonyl (C=O) groups excluding carboxylic acids is 3. The highest BCUT2D eigenvalue weighted by atomic mass is 35.5. The van der Waals surface area contributed by atoms with Crippen molar-refractivity contribution in [2.75, 3.05) is 6.61 Å². The molecule has 0 saturated carbocycles. The number of carbonyl (C=O) groups is 3. The Kier molecular flexibility index (Phi) is 10.1. The zero-order chi connectivity index (χ0) is 25.3. The van der Waals surface area contributed by atoms with E-state index < -0.39 is 52.3 Å². The summed E-state index contributed by atoms with van der Waals surface area (Å²) in [6.45, 7) is -0.671. The highest BCUT2D eigenvalue weighted by Gasteiger charge is 2.29.